The van der Waals surface area contributed by atoms with Gasteiger partial charge in [-0.05, 0) is 68.3 Å². The van der Waals surface area contributed by atoms with E-state index < -0.39 is 10.0 Å². The first-order valence-corrected chi connectivity index (χ1v) is 9.95. The van der Waals surface area contributed by atoms with Crippen molar-refractivity contribution in [3.05, 3.63) is 52.5 Å². The Balaban J connectivity index is 2.00. The van der Waals surface area contributed by atoms with Gasteiger partial charge in [0, 0.05) is 22.3 Å². The van der Waals surface area contributed by atoms with Crippen molar-refractivity contribution in [1.29, 1.82) is 0 Å². The van der Waals surface area contributed by atoms with Gasteiger partial charge in [-0.15, -0.1) is 0 Å². The van der Waals surface area contributed by atoms with Crippen molar-refractivity contribution in [3.63, 3.8) is 0 Å². The number of methoxy groups -OCH3 is 1. The molecular formula is C18H21ClN2O3S. The summed E-state index contributed by atoms with van der Waals surface area (Å²) in [6.07, 6.45) is 2.33. The first-order valence-electron chi connectivity index (χ1n) is 8.09. The number of halogens is 1. The number of nitrogens with one attached hydrogen (secondary N) is 2. The third kappa shape index (κ3) is 3.76. The van der Waals surface area contributed by atoms with Gasteiger partial charge in [-0.2, -0.15) is 0 Å². The molecule has 1 atom stereocenters. The fraction of sp³-hybridized carbons (Fsp3) is 0.333. The molecule has 2 N–H and O–H groups in total. The number of hydrogen-bond donors (Lipinski definition) is 2. The van der Waals surface area contributed by atoms with Crippen LogP contribution in [-0.2, 0) is 22.9 Å². The van der Waals surface area contributed by atoms with E-state index >= 15 is 0 Å². The molecule has 0 spiro atoms. The minimum atomic E-state index is -3.69. The van der Waals surface area contributed by atoms with Gasteiger partial charge < -0.3 is 10.1 Å². The number of ether oxygens (including phenoxy) is 1. The Bertz CT molecular complexity index is 867. The van der Waals surface area contributed by atoms with Crippen LogP contribution >= 0.6 is 11.6 Å². The molecule has 0 bridgehead atoms. The van der Waals surface area contributed by atoms with Gasteiger partial charge in [-0.1, -0.05) is 11.6 Å². The van der Waals surface area contributed by atoms with Gasteiger partial charge in [0.25, 0.3) is 10.0 Å². The van der Waals surface area contributed by atoms with Gasteiger partial charge in [0.1, 0.15) is 5.75 Å². The highest BCUT2D eigenvalue weighted by Crippen LogP contribution is 2.35. The second-order valence-electron chi connectivity index (χ2n) is 6.06. The van der Waals surface area contributed by atoms with Gasteiger partial charge in [0.2, 0.25) is 0 Å². The smallest absolute Gasteiger partial charge is 0.262 e. The number of rotatable bonds is 5. The molecule has 0 saturated carbocycles. The van der Waals surface area contributed by atoms with Gasteiger partial charge in [-0.25, -0.2) is 8.42 Å². The molecule has 0 aromatic heterocycles. The van der Waals surface area contributed by atoms with E-state index in [1.165, 1.54) is 0 Å². The monoisotopic (exact) mass is 380 g/mol. The van der Waals surface area contributed by atoms with Crippen LogP contribution in [0.15, 0.2) is 41.3 Å². The second-order valence-corrected chi connectivity index (χ2v) is 8.15. The molecule has 1 aliphatic rings. The summed E-state index contributed by atoms with van der Waals surface area (Å²) in [6, 6.07) is 10.3. The maximum atomic E-state index is 12.9. The normalized spacial score (nSPS) is 17.0. The lowest BCUT2D eigenvalue weighted by Crippen LogP contribution is -2.32. The van der Waals surface area contributed by atoms with E-state index in [0.29, 0.717) is 28.1 Å². The summed E-state index contributed by atoms with van der Waals surface area (Å²) in [5, 5.41) is 3.82. The molecule has 134 valence electrons. The Kier molecular flexibility index (Phi) is 5.22. The quantitative estimate of drug-likeness (QED) is 0.835. The molecule has 0 fully saturated rings. The zero-order chi connectivity index (χ0) is 18.0. The molecule has 2 aromatic rings. The highest BCUT2D eigenvalue weighted by Gasteiger charge is 2.28. The number of anilines is 1. The SMILES string of the molecule is CN[C@H]1CCc2c(S(=O)(=O)Nc3ccc(Cl)cc3)ccc(OC)c2C1. The van der Waals surface area contributed by atoms with E-state index in [2.05, 4.69) is 10.0 Å². The largest absolute Gasteiger partial charge is 0.496 e. The maximum absolute atomic E-state index is 12.9. The fourth-order valence-electron chi connectivity index (χ4n) is 3.23. The van der Waals surface area contributed by atoms with Crippen molar-refractivity contribution in [2.24, 2.45) is 0 Å². The number of benzene rings is 2. The van der Waals surface area contributed by atoms with Crippen LogP contribution in [0.4, 0.5) is 5.69 Å². The van der Waals surface area contributed by atoms with E-state index in [9.17, 15) is 8.42 Å². The van der Waals surface area contributed by atoms with E-state index in [0.717, 1.165) is 29.7 Å². The average molecular weight is 381 g/mol. The van der Waals surface area contributed by atoms with Crippen molar-refractivity contribution >= 4 is 27.3 Å². The summed E-state index contributed by atoms with van der Waals surface area (Å²) in [4.78, 5) is 0.313. The summed E-state index contributed by atoms with van der Waals surface area (Å²) >= 11 is 5.86. The number of fused-ring (bicyclic) bond motifs is 1. The van der Waals surface area contributed by atoms with Crippen molar-refractivity contribution in [2.75, 3.05) is 18.9 Å². The van der Waals surface area contributed by atoms with E-state index in [1.807, 2.05) is 7.05 Å². The predicted octanol–water partition coefficient (Wildman–Crippen LogP) is 3.23. The summed E-state index contributed by atoms with van der Waals surface area (Å²) < 4.78 is 33.9. The highest BCUT2D eigenvalue weighted by molar-refractivity contribution is 7.92. The highest BCUT2D eigenvalue weighted by atomic mass is 35.5. The third-order valence-corrected chi connectivity index (χ3v) is 6.27. The molecule has 25 heavy (non-hydrogen) atoms. The van der Waals surface area contributed by atoms with Crippen molar-refractivity contribution < 1.29 is 13.2 Å². The lowest BCUT2D eigenvalue weighted by atomic mass is 9.87. The molecule has 0 heterocycles. The minimum Gasteiger partial charge on any atom is -0.496 e. The average Bonchev–Trinajstić information content (AvgIpc) is 2.61. The topological polar surface area (TPSA) is 67.4 Å². The van der Waals surface area contributed by atoms with Gasteiger partial charge in [-0.3, -0.25) is 4.72 Å². The molecule has 5 nitrogen and oxygen atoms in total. The second kappa shape index (κ2) is 7.23. The molecule has 0 unspecified atom stereocenters. The Hall–Kier alpha value is -1.76. The zero-order valence-electron chi connectivity index (χ0n) is 14.2. The van der Waals surface area contributed by atoms with Crippen LogP contribution in [0.1, 0.15) is 17.5 Å². The molecule has 0 aliphatic heterocycles. The molecule has 1 aliphatic carbocycles. The van der Waals surface area contributed by atoms with Gasteiger partial charge in [0.05, 0.1) is 12.0 Å². The van der Waals surface area contributed by atoms with Crippen molar-refractivity contribution in [3.8, 4) is 5.75 Å². The predicted molar refractivity (Wildman–Crippen MR) is 100 cm³/mol. The first-order chi connectivity index (χ1) is 11.9. The molecule has 3 rings (SSSR count). The van der Waals surface area contributed by atoms with Crippen molar-refractivity contribution in [2.45, 2.75) is 30.2 Å². The van der Waals surface area contributed by atoms with E-state index in [4.69, 9.17) is 16.3 Å². The Morgan fingerprint density at radius 2 is 1.84 bits per heavy atom. The molecule has 2 aromatic carbocycles. The standard InChI is InChI=1S/C18H21ClN2O3S/c1-20-14-7-8-15-16(11-14)17(24-2)9-10-18(15)25(22,23)21-13-5-3-12(19)4-6-13/h3-6,9-10,14,20-21H,7-8,11H2,1-2H3/t14-/m0/s1. The molecule has 7 heteroatoms. The van der Waals surface area contributed by atoms with Crippen LogP contribution in [0.25, 0.3) is 0 Å². The first kappa shape index (κ1) is 18.0. The lowest BCUT2D eigenvalue weighted by molar-refractivity contribution is 0.397. The Morgan fingerprint density at radius 3 is 2.48 bits per heavy atom. The number of sulfonamides is 1. The van der Waals surface area contributed by atoms with Gasteiger partial charge in [0.15, 0.2) is 0 Å². The summed E-state index contributed by atoms with van der Waals surface area (Å²) in [5.41, 5.74) is 2.29. The van der Waals surface area contributed by atoms with E-state index in [-0.39, 0.29) is 0 Å². The molecule has 0 radical (unpaired) electrons. The molecule has 0 saturated heterocycles. The Morgan fingerprint density at radius 1 is 1.12 bits per heavy atom. The van der Waals surface area contributed by atoms with Crippen LogP contribution in [0.2, 0.25) is 5.02 Å². The van der Waals surface area contributed by atoms with Crippen molar-refractivity contribution in [1.82, 2.24) is 5.32 Å². The Labute approximate surface area is 153 Å². The molecule has 0 amide bonds. The number of likely N-dealkylation sites (N-methyl/N-ethyl adjacent to an activating group) is 1. The van der Waals surface area contributed by atoms with Crippen LogP contribution in [0, 0.1) is 0 Å². The maximum Gasteiger partial charge on any atom is 0.262 e. The minimum absolute atomic E-state index is 0.313. The lowest BCUT2D eigenvalue weighted by Gasteiger charge is -2.27. The van der Waals surface area contributed by atoms with Gasteiger partial charge >= 0.3 is 0 Å². The van der Waals surface area contributed by atoms with Crippen LogP contribution < -0.4 is 14.8 Å². The summed E-state index contributed by atoms with van der Waals surface area (Å²) in [6.45, 7) is 0. The van der Waals surface area contributed by atoms with Crippen LogP contribution in [0.3, 0.4) is 0 Å². The van der Waals surface area contributed by atoms with E-state index in [1.54, 1.807) is 43.5 Å². The zero-order valence-corrected chi connectivity index (χ0v) is 15.7. The molecular weight excluding hydrogens is 360 g/mol. The number of hydrogen-bond acceptors (Lipinski definition) is 4. The van der Waals surface area contributed by atoms with Crippen LogP contribution in [0.5, 0.6) is 5.75 Å². The van der Waals surface area contributed by atoms with Crippen LogP contribution in [-0.4, -0.2) is 28.6 Å². The third-order valence-electron chi connectivity index (χ3n) is 4.55. The fourth-order valence-corrected chi connectivity index (χ4v) is 4.71. The summed E-state index contributed by atoms with van der Waals surface area (Å²) in [5.74, 6) is 0.736. The summed E-state index contributed by atoms with van der Waals surface area (Å²) in [7, 11) is -0.155.